The molecule has 1 aliphatic rings. The lowest BCUT2D eigenvalue weighted by atomic mass is 10.2. The summed E-state index contributed by atoms with van der Waals surface area (Å²) in [5, 5.41) is 6.70. The zero-order valence-electron chi connectivity index (χ0n) is 10.2. The van der Waals surface area contributed by atoms with Crippen LogP contribution in [0.1, 0.15) is 18.4 Å². The van der Waals surface area contributed by atoms with Gasteiger partial charge in [0.05, 0.1) is 16.8 Å². The number of hydrogen-bond acceptors (Lipinski definition) is 4. The number of aromatic nitrogens is 1. The number of anilines is 1. The van der Waals surface area contributed by atoms with Crippen molar-refractivity contribution >= 4 is 32.6 Å². The SMILES string of the molecule is Cc1ccc2nc(NC(=O)CNC3CC3)sc2c1. The van der Waals surface area contributed by atoms with Gasteiger partial charge in [-0.05, 0) is 37.5 Å². The molecule has 4 nitrogen and oxygen atoms in total. The average Bonchev–Trinajstić information content (AvgIpc) is 3.07. The summed E-state index contributed by atoms with van der Waals surface area (Å²) in [4.78, 5) is 16.1. The lowest BCUT2D eigenvalue weighted by Crippen LogP contribution is -2.29. The van der Waals surface area contributed by atoms with Crippen LogP contribution in [0.3, 0.4) is 0 Å². The predicted molar refractivity (Wildman–Crippen MR) is 74.0 cm³/mol. The minimum atomic E-state index is -0.0160. The first-order valence-corrected chi connectivity index (χ1v) is 6.93. The van der Waals surface area contributed by atoms with Crippen molar-refractivity contribution in [3.8, 4) is 0 Å². The van der Waals surface area contributed by atoms with Crippen molar-refractivity contribution in [1.29, 1.82) is 0 Å². The fraction of sp³-hybridized carbons (Fsp3) is 0.385. The highest BCUT2D eigenvalue weighted by molar-refractivity contribution is 7.22. The smallest absolute Gasteiger partial charge is 0.240 e. The highest BCUT2D eigenvalue weighted by Gasteiger charge is 2.21. The van der Waals surface area contributed by atoms with E-state index in [1.807, 2.05) is 12.1 Å². The Morgan fingerprint density at radius 2 is 2.33 bits per heavy atom. The van der Waals surface area contributed by atoms with Gasteiger partial charge in [-0.15, -0.1) is 0 Å². The van der Waals surface area contributed by atoms with Gasteiger partial charge in [-0.3, -0.25) is 4.79 Å². The van der Waals surface area contributed by atoms with Crippen LogP contribution in [0.2, 0.25) is 0 Å². The fourth-order valence-corrected chi connectivity index (χ4v) is 2.75. The van der Waals surface area contributed by atoms with E-state index in [4.69, 9.17) is 0 Å². The fourth-order valence-electron chi connectivity index (χ4n) is 1.77. The van der Waals surface area contributed by atoms with Crippen LogP contribution in [0, 0.1) is 6.92 Å². The molecule has 5 heteroatoms. The molecule has 0 unspecified atom stereocenters. The Bertz CT molecular complexity index is 589. The van der Waals surface area contributed by atoms with E-state index in [0.29, 0.717) is 17.7 Å². The number of hydrogen-bond donors (Lipinski definition) is 2. The molecule has 1 fully saturated rings. The lowest BCUT2D eigenvalue weighted by molar-refractivity contribution is -0.115. The van der Waals surface area contributed by atoms with Gasteiger partial charge in [-0.25, -0.2) is 4.98 Å². The molecule has 1 heterocycles. The van der Waals surface area contributed by atoms with Crippen molar-refractivity contribution in [3.63, 3.8) is 0 Å². The summed E-state index contributed by atoms with van der Waals surface area (Å²) in [7, 11) is 0. The summed E-state index contributed by atoms with van der Waals surface area (Å²) < 4.78 is 1.11. The number of thiazole rings is 1. The zero-order valence-corrected chi connectivity index (χ0v) is 11.0. The first-order chi connectivity index (χ1) is 8.70. The van der Waals surface area contributed by atoms with E-state index in [1.165, 1.54) is 29.7 Å². The molecule has 2 aromatic rings. The highest BCUT2D eigenvalue weighted by atomic mass is 32.1. The first kappa shape index (κ1) is 11.6. The van der Waals surface area contributed by atoms with Crippen LogP contribution in [0.4, 0.5) is 5.13 Å². The predicted octanol–water partition coefficient (Wildman–Crippen LogP) is 2.30. The topological polar surface area (TPSA) is 54.0 Å². The van der Waals surface area contributed by atoms with Gasteiger partial charge in [-0.2, -0.15) is 0 Å². The number of nitrogens with one attached hydrogen (secondary N) is 2. The summed E-state index contributed by atoms with van der Waals surface area (Å²) in [5.41, 5.74) is 2.15. The standard InChI is InChI=1S/C13H15N3OS/c1-8-2-5-10-11(6-8)18-13(15-10)16-12(17)7-14-9-3-4-9/h2,5-6,9,14H,3-4,7H2,1H3,(H,15,16,17). The van der Waals surface area contributed by atoms with Crippen LogP contribution in [-0.4, -0.2) is 23.5 Å². The Kier molecular flexibility index (Phi) is 3.01. The molecule has 2 N–H and O–H groups in total. The zero-order chi connectivity index (χ0) is 12.5. The van der Waals surface area contributed by atoms with Gasteiger partial charge < -0.3 is 10.6 Å². The second kappa shape index (κ2) is 4.66. The van der Waals surface area contributed by atoms with Crippen molar-refractivity contribution in [2.45, 2.75) is 25.8 Å². The van der Waals surface area contributed by atoms with E-state index < -0.39 is 0 Å². The van der Waals surface area contributed by atoms with Gasteiger partial charge in [0.25, 0.3) is 0 Å². The van der Waals surface area contributed by atoms with Gasteiger partial charge in [0.15, 0.2) is 5.13 Å². The molecule has 1 amide bonds. The number of amides is 1. The third kappa shape index (κ3) is 2.68. The molecule has 0 radical (unpaired) electrons. The van der Waals surface area contributed by atoms with E-state index in [2.05, 4.69) is 28.6 Å². The van der Waals surface area contributed by atoms with Gasteiger partial charge in [0, 0.05) is 6.04 Å². The summed E-state index contributed by atoms with van der Waals surface area (Å²) >= 11 is 1.52. The Morgan fingerprint density at radius 1 is 1.50 bits per heavy atom. The van der Waals surface area contributed by atoms with Crippen molar-refractivity contribution in [2.75, 3.05) is 11.9 Å². The molecule has 0 aliphatic heterocycles. The molecule has 0 atom stereocenters. The molecule has 1 aliphatic carbocycles. The number of aryl methyl sites for hydroxylation is 1. The molecule has 0 spiro atoms. The maximum atomic E-state index is 11.7. The largest absolute Gasteiger partial charge is 0.306 e. The van der Waals surface area contributed by atoms with Crippen LogP contribution in [0.15, 0.2) is 18.2 Å². The van der Waals surface area contributed by atoms with E-state index in [1.54, 1.807) is 0 Å². The van der Waals surface area contributed by atoms with Gasteiger partial charge in [0.2, 0.25) is 5.91 Å². The summed E-state index contributed by atoms with van der Waals surface area (Å²) in [6.07, 6.45) is 2.38. The van der Waals surface area contributed by atoms with Crippen molar-refractivity contribution in [3.05, 3.63) is 23.8 Å². The van der Waals surface area contributed by atoms with Crippen LogP contribution in [0.25, 0.3) is 10.2 Å². The quantitative estimate of drug-likeness (QED) is 0.888. The molecule has 1 saturated carbocycles. The maximum absolute atomic E-state index is 11.7. The second-order valence-corrected chi connectivity index (χ2v) is 5.72. The van der Waals surface area contributed by atoms with Crippen LogP contribution < -0.4 is 10.6 Å². The van der Waals surface area contributed by atoms with E-state index in [-0.39, 0.29) is 5.91 Å². The number of rotatable bonds is 4. The van der Waals surface area contributed by atoms with Crippen molar-refractivity contribution in [2.24, 2.45) is 0 Å². The molecule has 1 aromatic carbocycles. The normalized spacial score (nSPS) is 14.9. The van der Waals surface area contributed by atoms with E-state index >= 15 is 0 Å². The summed E-state index contributed by atoms with van der Waals surface area (Å²) in [6.45, 7) is 2.43. The van der Waals surface area contributed by atoms with Gasteiger partial charge in [-0.1, -0.05) is 17.4 Å². The first-order valence-electron chi connectivity index (χ1n) is 6.11. The van der Waals surface area contributed by atoms with Crippen LogP contribution in [-0.2, 0) is 4.79 Å². The van der Waals surface area contributed by atoms with Crippen LogP contribution in [0.5, 0.6) is 0 Å². The minimum Gasteiger partial charge on any atom is -0.306 e. The van der Waals surface area contributed by atoms with Gasteiger partial charge >= 0.3 is 0 Å². The average molecular weight is 261 g/mol. The number of carbonyl (C=O) groups is 1. The lowest BCUT2D eigenvalue weighted by Gasteiger charge is -2.01. The molecule has 1 aromatic heterocycles. The second-order valence-electron chi connectivity index (χ2n) is 4.69. The molecular weight excluding hydrogens is 246 g/mol. The summed E-state index contributed by atoms with van der Waals surface area (Å²) in [5.74, 6) is -0.0160. The molecule has 3 rings (SSSR count). The highest BCUT2D eigenvalue weighted by Crippen LogP contribution is 2.26. The maximum Gasteiger partial charge on any atom is 0.240 e. The van der Waals surface area contributed by atoms with Gasteiger partial charge in [0.1, 0.15) is 0 Å². The van der Waals surface area contributed by atoms with E-state index in [9.17, 15) is 4.79 Å². The number of nitrogens with zero attached hydrogens (tertiary/aromatic N) is 1. The third-order valence-corrected chi connectivity index (χ3v) is 3.85. The third-order valence-electron chi connectivity index (χ3n) is 2.92. The number of benzene rings is 1. The molecule has 0 saturated heterocycles. The van der Waals surface area contributed by atoms with Crippen LogP contribution >= 0.6 is 11.3 Å². The molecule has 18 heavy (non-hydrogen) atoms. The molecule has 94 valence electrons. The molecule has 0 bridgehead atoms. The summed E-state index contributed by atoms with van der Waals surface area (Å²) in [6, 6.07) is 6.65. The Balaban J connectivity index is 1.67. The van der Waals surface area contributed by atoms with Crippen molar-refractivity contribution < 1.29 is 4.79 Å². The monoisotopic (exact) mass is 261 g/mol. The Labute approximate surface area is 109 Å². The number of fused-ring (bicyclic) bond motifs is 1. The number of carbonyl (C=O) groups excluding carboxylic acids is 1. The Morgan fingerprint density at radius 3 is 3.11 bits per heavy atom. The van der Waals surface area contributed by atoms with E-state index in [0.717, 1.165) is 10.2 Å². The minimum absolute atomic E-state index is 0.0160. The van der Waals surface area contributed by atoms with Crippen molar-refractivity contribution in [1.82, 2.24) is 10.3 Å². The Hall–Kier alpha value is -1.46. The molecular formula is C13H15N3OS.